The predicted octanol–water partition coefficient (Wildman–Crippen LogP) is 4.18. The van der Waals surface area contributed by atoms with Crippen LogP contribution in [0.5, 0.6) is 0 Å². The van der Waals surface area contributed by atoms with Crippen LogP contribution in [0.2, 0.25) is 12.1 Å². The zero-order chi connectivity index (χ0) is 14.0. The van der Waals surface area contributed by atoms with E-state index in [0.29, 0.717) is 12.2 Å². The maximum Gasteiger partial charge on any atom is 0.401 e. The van der Waals surface area contributed by atoms with Crippen LogP contribution in [0.1, 0.15) is 53.9 Å². The average Bonchev–Trinajstić information content (AvgIpc) is 2.30. The van der Waals surface area contributed by atoms with E-state index in [0.717, 1.165) is 31.4 Å². The monoisotopic (exact) mass is 272 g/mol. The summed E-state index contributed by atoms with van der Waals surface area (Å²) in [4.78, 5) is 12.0. The van der Waals surface area contributed by atoms with Crippen LogP contribution in [0.15, 0.2) is 11.6 Å². The predicted molar refractivity (Wildman–Crippen MR) is 77.7 cm³/mol. The third kappa shape index (κ3) is 5.82. The van der Waals surface area contributed by atoms with Gasteiger partial charge in [0.1, 0.15) is 0 Å². The Bertz CT molecular complexity index is 257. The molecule has 0 radical (unpaired) electrons. The molecule has 0 rings (SSSR count). The topological polar surface area (TPSA) is 35.5 Å². The summed E-state index contributed by atoms with van der Waals surface area (Å²) in [7, 11) is -2.34. The van der Waals surface area contributed by atoms with E-state index in [9.17, 15) is 4.79 Å². The molecule has 106 valence electrons. The fourth-order valence-electron chi connectivity index (χ4n) is 2.06. The van der Waals surface area contributed by atoms with Crippen molar-refractivity contribution in [2.75, 3.05) is 6.61 Å². The van der Waals surface area contributed by atoms with Crippen molar-refractivity contribution in [2.45, 2.75) is 66.0 Å². The van der Waals surface area contributed by atoms with Crippen molar-refractivity contribution in [3.05, 3.63) is 11.6 Å². The van der Waals surface area contributed by atoms with E-state index >= 15 is 0 Å². The molecule has 0 aliphatic carbocycles. The Kier molecular flexibility index (Phi) is 9.02. The van der Waals surface area contributed by atoms with Gasteiger partial charge in [-0.1, -0.05) is 39.7 Å². The highest BCUT2D eigenvalue weighted by molar-refractivity contribution is 6.69. The van der Waals surface area contributed by atoms with Gasteiger partial charge in [0, 0.05) is 24.3 Å². The van der Waals surface area contributed by atoms with Crippen LogP contribution in [0.3, 0.4) is 0 Å². The minimum Gasteiger partial charge on any atom is -0.491 e. The molecular formula is C14H28O3Si. The molecule has 0 spiro atoms. The van der Waals surface area contributed by atoms with Gasteiger partial charge in [-0.15, -0.1) is 0 Å². The van der Waals surface area contributed by atoms with E-state index < -0.39 is 8.56 Å². The second-order valence-electron chi connectivity index (χ2n) is 4.53. The van der Waals surface area contributed by atoms with Crippen molar-refractivity contribution < 1.29 is 13.6 Å². The Balaban J connectivity index is 4.84. The highest BCUT2D eigenvalue weighted by Crippen LogP contribution is 2.24. The minimum atomic E-state index is -2.34. The van der Waals surface area contributed by atoms with Crippen LogP contribution in [0.4, 0.5) is 0 Å². The van der Waals surface area contributed by atoms with Gasteiger partial charge >= 0.3 is 14.5 Å². The molecule has 0 aromatic rings. The molecule has 0 heterocycles. The molecule has 4 heteroatoms. The molecule has 0 bridgehead atoms. The minimum absolute atomic E-state index is 0.195. The number of carbonyl (C=O) groups excluding carboxylic acids is 1. The third-order valence-electron chi connectivity index (χ3n) is 2.78. The van der Waals surface area contributed by atoms with Gasteiger partial charge in [-0.2, -0.15) is 0 Å². The van der Waals surface area contributed by atoms with Gasteiger partial charge in [-0.3, -0.25) is 0 Å². The lowest BCUT2D eigenvalue weighted by Gasteiger charge is -2.29. The first-order valence-electron chi connectivity index (χ1n) is 7.09. The first-order valence-corrected chi connectivity index (χ1v) is 9.32. The summed E-state index contributed by atoms with van der Waals surface area (Å²) in [5.74, 6) is -0.195. The summed E-state index contributed by atoms with van der Waals surface area (Å²) >= 11 is 0. The van der Waals surface area contributed by atoms with Crippen LogP contribution in [-0.4, -0.2) is 21.1 Å². The molecule has 0 atom stereocenters. The zero-order valence-corrected chi connectivity index (χ0v) is 13.5. The van der Waals surface area contributed by atoms with Crippen molar-refractivity contribution >= 4 is 14.5 Å². The van der Waals surface area contributed by atoms with Crippen molar-refractivity contribution in [1.29, 1.82) is 0 Å². The van der Waals surface area contributed by atoms with Crippen molar-refractivity contribution in [2.24, 2.45) is 0 Å². The molecule has 0 fully saturated rings. The van der Waals surface area contributed by atoms with Gasteiger partial charge in [-0.05, 0) is 20.3 Å². The highest BCUT2D eigenvalue weighted by Gasteiger charge is 2.39. The molecule has 0 aromatic heterocycles. The maximum absolute atomic E-state index is 12.0. The molecule has 3 nitrogen and oxygen atoms in total. The van der Waals surface area contributed by atoms with Crippen LogP contribution in [0.25, 0.3) is 0 Å². The van der Waals surface area contributed by atoms with Crippen LogP contribution in [0, 0.1) is 0 Å². The smallest absolute Gasteiger partial charge is 0.401 e. The Labute approximate surface area is 113 Å². The lowest BCUT2D eigenvalue weighted by atomic mass is 10.2. The number of hydrogen-bond donors (Lipinski definition) is 0. The molecule has 0 saturated heterocycles. The summed E-state index contributed by atoms with van der Waals surface area (Å²) in [6, 6.07) is 1.78. The molecule has 0 saturated carbocycles. The lowest BCUT2D eigenvalue weighted by Crippen LogP contribution is -2.44. The summed E-state index contributed by atoms with van der Waals surface area (Å²) in [6.45, 7) is 10.6. The van der Waals surface area contributed by atoms with E-state index in [1.54, 1.807) is 0 Å². The Hall–Kier alpha value is -0.613. The van der Waals surface area contributed by atoms with Crippen LogP contribution >= 0.6 is 0 Å². The molecular weight excluding hydrogens is 244 g/mol. The fraction of sp³-hybridized carbons (Fsp3) is 0.786. The Morgan fingerprint density at radius 3 is 2.06 bits per heavy atom. The normalized spacial score (nSPS) is 12.6. The summed E-state index contributed by atoms with van der Waals surface area (Å²) in [6.07, 6.45) is 4.75. The molecule has 0 amide bonds. The van der Waals surface area contributed by atoms with E-state index in [2.05, 4.69) is 13.8 Å². The SMILES string of the molecule is CCC=C(C)C(=O)O[Si](CCC)(CCC)OCC. The van der Waals surface area contributed by atoms with Gasteiger partial charge in [0.25, 0.3) is 0 Å². The Morgan fingerprint density at radius 1 is 1.11 bits per heavy atom. The van der Waals surface area contributed by atoms with Crippen LogP contribution in [-0.2, 0) is 13.6 Å². The molecule has 0 aliphatic heterocycles. The van der Waals surface area contributed by atoms with E-state index in [1.165, 1.54) is 0 Å². The van der Waals surface area contributed by atoms with E-state index in [1.807, 2.05) is 26.8 Å². The molecule has 0 unspecified atom stereocenters. The van der Waals surface area contributed by atoms with Crippen molar-refractivity contribution in [3.8, 4) is 0 Å². The second kappa shape index (κ2) is 9.33. The first-order chi connectivity index (χ1) is 8.55. The maximum atomic E-state index is 12.0. The van der Waals surface area contributed by atoms with E-state index in [-0.39, 0.29) is 5.97 Å². The first kappa shape index (κ1) is 17.4. The number of hydrogen-bond acceptors (Lipinski definition) is 3. The quantitative estimate of drug-likeness (QED) is 0.466. The number of rotatable bonds is 9. The zero-order valence-electron chi connectivity index (χ0n) is 12.5. The summed E-state index contributed by atoms with van der Waals surface area (Å²) in [5, 5.41) is 0. The molecule has 18 heavy (non-hydrogen) atoms. The Morgan fingerprint density at radius 2 is 1.67 bits per heavy atom. The van der Waals surface area contributed by atoms with Gasteiger partial charge < -0.3 is 8.85 Å². The highest BCUT2D eigenvalue weighted by atomic mass is 28.4. The fourth-order valence-corrected chi connectivity index (χ4v) is 5.41. The largest absolute Gasteiger partial charge is 0.491 e. The van der Waals surface area contributed by atoms with Gasteiger partial charge in [0.05, 0.1) is 0 Å². The number of allylic oxidation sites excluding steroid dienone is 1. The second-order valence-corrected chi connectivity index (χ2v) is 7.84. The summed E-state index contributed by atoms with van der Waals surface area (Å²) in [5.41, 5.74) is 0.696. The standard InChI is InChI=1S/C14H28O3Si/c1-6-10-13(5)14(15)17-18(11-7-2,12-8-3)16-9-4/h10H,6-9,11-12H2,1-5H3. The average molecular weight is 272 g/mol. The van der Waals surface area contributed by atoms with Crippen molar-refractivity contribution in [3.63, 3.8) is 0 Å². The van der Waals surface area contributed by atoms with Gasteiger partial charge in [0.2, 0.25) is 0 Å². The molecule has 0 aliphatic rings. The van der Waals surface area contributed by atoms with Crippen LogP contribution < -0.4 is 0 Å². The number of carbonyl (C=O) groups is 1. The third-order valence-corrected chi connectivity index (χ3v) is 6.68. The van der Waals surface area contributed by atoms with Crippen molar-refractivity contribution in [1.82, 2.24) is 0 Å². The summed E-state index contributed by atoms with van der Waals surface area (Å²) < 4.78 is 11.7. The van der Waals surface area contributed by atoms with E-state index in [4.69, 9.17) is 8.85 Å². The van der Waals surface area contributed by atoms with Gasteiger partial charge in [-0.25, -0.2) is 4.79 Å². The molecule has 0 N–H and O–H groups in total. The molecule has 0 aromatic carbocycles. The van der Waals surface area contributed by atoms with Gasteiger partial charge in [0.15, 0.2) is 0 Å². The lowest BCUT2D eigenvalue weighted by molar-refractivity contribution is -0.132.